The number of fused-ring (bicyclic) bond motifs is 3. The highest BCUT2D eigenvalue weighted by Crippen LogP contribution is 2.49. The first-order chi connectivity index (χ1) is 20.3. The van der Waals surface area contributed by atoms with E-state index < -0.39 is 17.6 Å². The topological polar surface area (TPSA) is 73.9 Å². The highest BCUT2D eigenvalue weighted by Gasteiger charge is 2.35. The Kier molecular flexibility index (Phi) is 6.52. The van der Waals surface area contributed by atoms with E-state index in [4.69, 9.17) is 9.47 Å². The van der Waals surface area contributed by atoms with Crippen molar-refractivity contribution in [3.8, 4) is 39.6 Å². The minimum atomic E-state index is -4.73. The van der Waals surface area contributed by atoms with Crippen molar-refractivity contribution in [1.82, 2.24) is 14.9 Å². The van der Waals surface area contributed by atoms with Crippen molar-refractivity contribution in [2.75, 3.05) is 44.3 Å². The molecule has 2 aromatic heterocycles. The summed E-state index contributed by atoms with van der Waals surface area (Å²) >= 11 is 0. The smallest absolute Gasteiger partial charge is 0.421 e. The second-order valence-electron chi connectivity index (χ2n) is 10.4. The fourth-order valence-electron chi connectivity index (χ4n) is 5.61. The Morgan fingerprint density at radius 2 is 1.48 bits per heavy atom. The van der Waals surface area contributed by atoms with E-state index in [9.17, 15) is 18.3 Å². The first-order valence-corrected chi connectivity index (χ1v) is 13.7. The van der Waals surface area contributed by atoms with Gasteiger partial charge in [0.25, 0.3) is 0 Å². The molecule has 2 N–H and O–H groups in total. The number of hydrogen-bond acceptors (Lipinski definition) is 6. The summed E-state index contributed by atoms with van der Waals surface area (Å²) in [7, 11) is 0. The monoisotopic (exact) mass is 572 g/mol. The zero-order chi connectivity index (χ0) is 28.8. The molecule has 10 heteroatoms. The number of halogens is 3. The normalized spacial score (nSPS) is 15.4. The number of aromatic nitrogens is 2. The summed E-state index contributed by atoms with van der Waals surface area (Å²) in [6, 6.07) is 20.6. The molecule has 42 heavy (non-hydrogen) atoms. The van der Waals surface area contributed by atoms with Gasteiger partial charge >= 0.3 is 6.18 Å². The average molecular weight is 573 g/mol. The molecule has 214 valence electrons. The zero-order valence-electron chi connectivity index (χ0n) is 22.5. The molecular formula is C32H27F3N4O3. The van der Waals surface area contributed by atoms with Gasteiger partial charge in [-0.25, -0.2) is 4.98 Å². The molecule has 2 aliphatic rings. The van der Waals surface area contributed by atoms with E-state index in [0.717, 1.165) is 59.1 Å². The number of anilines is 2. The molecule has 7 nitrogen and oxygen atoms in total. The minimum Gasteiger partial charge on any atom is -0.493 e. The number of H-pyrrole nitrogens is 1. The van der Waals surface area contributed by atoms with Crippen LogP contribution in [0, 0.1) is 0 Å². The standard InChI is InChI=1S/C32H27F3N4O3/c33-32(34,35)25-16-24(19-37-31(25)40)22-3-6-28-30(18-22)42-29-17-21(20-1-4-26-23(15-20)7-8-36-26)2-5-27(29)39(28)10-9-38-11-13-41-14-12-38/h1-8,15-19,36H,9-14H2,(H,37,40). The van der Waals surface area contributed by atoms with Crippen LogP contribution in [0.3, 0.4) is 0 Å². The lowest BCUT2D eigenvalue weighted by Gasteiger charge is -2.35. The molecule has 1 fully saturated rings. The van der Waals surface area contributed by atoms with Gasteiger partial charge < -0.3 is 24.5 Å². The predicted octanol–water partition coefficient (Wildman–Crippen LogP) is 7.20. The van der Waals surface area contributed by atoms with Crippen LogP contribution in [0.2, 0.25) is 0 Å². The molecule has 0 aliphatic carbocycles. The summed E-state index contributed by atoms with van der Waals surface area (Å²) < 4.78 is 52.4. The molecule has 5 aromatic rings. The third-order valence-corrected chi connectivity index (χ3v) is 7.86. The van der Waals surface area contributed by atoms with Crippen LogP contribution in [0.25, 0.3) is 33.2 Å². The molecule has 0 amide bonds. The third kappa shape index (κ3) is 4.93. The van der Waals surface area contributed by atoms with Crippen LogP contribution in [0.15, 0.2) is 79.1 Å². The van der Waals surface area contributed by atoms with Gasteiger partial charge in [0.1, 0.15) is 5.56 Å². The second-order valence-corrected chi connectivity index (χ2v) is 10.4. The summed E-state index contributed by atoms with van der Waals surface area (Å²) in [4.78, 5) is 11.4. The molecule has 0 radical (unpaired) electrons. The SMILES string of the molecule is Oc1ncc(-c2ccc3c(c2)Oc2cc(-c4ccc5[nH]ccc5c4)ccc2N3CCN2CCOCC2)cc1C(F)(F)F. The maximum Gasteiger partial charge on any atom is 0.421 e. The van der Waals surface area contributed by atoms with Crippen molar-refractivity contribution in [2.24, 2.45) is 0 Å². The van der Waals surface area contributed by atoms with Crippen LogP contribution in [-0.2, 0) is 10.9 Å². The van der Waals surface area contributed by atoms with Gasteiger partial charge in [-0.15, -0.1) is 0 Å². The first kappa shape index (κ1) is 26.4. The molecule has 0 atom stereocenters. The Labute approximate surface area is 239 Å². The highest BCUT2D eigenvalue weighted by molar-refractivity contribution is 5.87. The molecule has 0 spiro atoms. The number of morpholine rings is 1. The van der Waals surface area contributed by atoms with Gasteiger partial charge in [-0.05, 0) is 70.6 Å². The van der Waals surface area contributed by atoms with Crippen LogP contribution >= 0.6 is 0 Å². The molecule has 7 rings (SSSR count). The molecule has 0 bridgehead atoms. The van der Waals surface area contributed by atoms with Gasteiger partial charge in [-0.1, -0.05) is 18.2 Å². The molecular weight excluding hydrogens is 545 g/mol. The highest BCUT2D eigenvalue weighted by atomic mass is 19.4. The summed E-state index contributed by atoms with van der Waals surface area (Å²) in [5.74, 6) is 0.143. The Morgan fingerprint density at radius 1 is 0.810 bits per heavy atom. The Bertz CT molecular complexity index is 1780. The van der Waals surface area contributed by atoms with Crippen LogP contribution < -0.4 is 9.64 Å². The Hall–Kier alpha value is -4.54. The van der Waals surface area contributed by atoms with Crippen LogP contribution in [0.1, 0.15) is 5.56 Å². The van der Waals surface area contributed by atoms with Gasteiger partial charge in [0.05, 0.1) is 24.6 Å². The molecule has 0 unspecified atom stereocenters. The predicted molar refractivity (Wildman–Crippen MR) is 154 cm³/mol. The summed E-state index contributed by atoms with van der Waals surface area (Å²) in [6.45, 7) is 4.63. The molecule has 0 saturated carbocycles. The van der Waals surface area contributed by atoms with E-state index in [1.165, 1.54) is 6.20 Å². The van der Waals surface area contributed by atoms with E-state index in [1.807, 2.05) is 30.5 Å². The maximum atomic E-state index is 13.5. The maximum absolute atomic E-state index is 13.5. The number of alkyl halides is 3. The van der Waals surface area contributed by atoms with Crippen molar-refractivity contribution in [2.45, 2.75) is 6.18 Å². The molecule has 3 aromatic carbocycles. The number of benzene rings is 3. The van der Waals surface area contributed by atoms with Gasteiger partial charge in [0.15, 0.2) is 11.5 Å². The minimum absolute atomic E-state index is 0.228. The zero-order valence-corrected chi connectivity index (χ0v) is 22.5. The Balaban J connectivity index is 1.27. The number of pyridine rings is 1. The van der Waals surface area contributed by atoms with Crippen molar-refractivity contribution in [3.63, 3.8) is 0 Å². The van der Waals surface area contributed by atoms with E-state index in [0.29, 0.717) is 36.8 Å². The van der Waals surface area contributed by atoms with Crippen LogP contribution in [-0.4, -0.2) is 59.4 Å². The fourth-order valence-corrected chi connectivity index (χ4v) is 5.61. The fraction of sp³-hybridized carbons (Fsp3) is 0.219. The quantitative estimate of drug-likeness (QED) is 0.232. The first-order valence-electron chi connectivity index (χ1n) is 13.7. The number of rotatable bonds is 5. The number of nitrogens with one attached hydrogen (secondary N) is 1. The number of aromatic hydroxyl groups is 1. The lowest BCUT2D eigenvalue weighted by Crippen LogP contribution is -2.41. The van der Waals surface area contributed by atoms with E-state index in [-0.39, 0.29) is 5.56 Å². The van der Waals surface area contributed by atoms with Crippen molar-refractivity contribution in [1.29, 1.82) is 0 Å². The third-order valence-electron chi connectivity index (χ3n) is 7.86. The average Bonchev–Trinajstić information content (AvgIpc) is 3.47. The van der Waals surface area contributed by atoms with E-state index in [2.05, 4.69) is 44.0 Å². The van der Waals surface area contributed by atoms with E-state index in [1.54, 1.807) is 12.1 Å². The van der Waals surface area contributed by atoms with Gasteiger partial charge in [-0.3, -0.25) is 4.90 Å². The molecule has 1 saturated heterocycles. The second kappa shape index (κ2) is 10.4. The number of ether oxygens (including phenoxy) is 2. The summed E-state index contributed by atoms with van der Waals surface area (Å²) in [5.41, 5.74) is 4.37. The van der Waals surface area contributed by atoms with Crippen LogP contribution in [0.5, 0.6) is 17.4 Å². The Morgan fingerprint density at radius 3 is 2.19 bits per heavy atom. The number of aromatic amines is 1. The van der Waals surface area contributed by atoms with Gasteiger partial charge in [0, 0.05) is 49.7 Å². The largest absolute Gasteiger partial charge is 0.493 e. The lowest BCUT2D eigenvalue weighted by atomic mass is 10.0. The number of hydrogen-bond donors (Lipinski definition) is 2. The lowest BCUT2D eigenvalue weighted by molar-refractivity contribution is -0.139. The van der Waals surface area contributed by atoms with Crippen molar-refractivity contribution in [3.05, 3.63) is 84.7 Å². The van der Waals surface area contributed by atoms with Gasteiger partial charge in [0.2, 0.25) is 5.88 Å². The molecule has 4 heterocycles. The van der Waals surface area contributed by atoms with Crippen LogP contribution in [0.4, 0.5) is 24.5 Å². The van der Waals surface area contributed by atoms with Crippen molar-refractivity contribution >= 4 is 22.3 Å². The summed E-state index contributed by atoms with van der Waals surface area (Å²) in [6.07, 6.45) is -1.59. The summed E-state index contributed by atoms with van der Waals surface area (Å²) in [5, 5.41) is 10.8. The number of nitrogens with zero attached hydrogens (tertiary/aromatic N) is 3. The van der Waals surface area contributed by atoms with Gasteiger partial charge in [-0.2, -0.15) is 13.2 Å². The molecule has 2 aliphatic heterocycles. The van der Waals surface area contributed by atoms with E-state index >= 15 is 0 Å². The van der Waals surface area contributed by atoms with Crippen molar-refractivity contribution < 1.29 is 27.8 Å².